The lowest BCUT2D eigenvalue weighted by atomic mass is 9.62. The lowest BCUT2D eigenvalue weighted by Gasteiger charge is -2.42. The summed E-state index contributed by atoms with van der Waals surface area (Å²) in [6.45, 7) is 0. The number of aromatic amines is 1. The van der Waals surface area contributed by atoms with E-state index in [4.69, 9.17) is 5.73 Å². The Morgan fingerprint density at radius 3 is 2.61 bits per heavy atom. The molecule has 4 aromatic rings. The Morgan fingerprint density at radius 1 is 1.04 bits per heavy atom. The molecule has 0 saturated heterocycles. The second kappa shape index (κ2) is 6.41. The third-order valence-electron chi connectivity index (χ3n) is 5.88. The van der Waals surface area contributed by atoms with Crippen LogP contribution in [-0.4, -0.2) is 20.4 Å². The number of anilines is 1. The number of H-pyrrole nitrogens is 1. The lowest BCUT2D eigenvalue weighted by molar-refractivity contribution is 0.231. The molecule has 0 unspecified atom stereocenters. The zero-order chi connectivity index (χ0) is 19.1. The zero-order valence-electron chi connectivity index (χ0n) is 15.3. The molecule has 1 aliphatic carbocycles. The van der Waals surface area contributed by atoms with Gasteiger partial charge in [0.15, 0.2) is 5.82 Å². The van der Waals surface area contributed by atoms with Crippen LogP contribution in [0.4, 0.5) is 10.2 Å². The number of rotatable bonds is 4. The minimum absolute atomic E-state index is 0.127. The van der Waals surface area contributed by atoms with E-state index in [0.717, 1.165) is 52.7 Å². The summed E-state index contributed by atoms with van der Waals surface area (Å²) < 4.78 is 14.4. The zero-order valence-corrected chi connectivity index (χ0v) is 15.3. The molecule has 0 radical (unpaired) electrons. The largest absolute Gasteiger partial charge is 0.382 e. The molecule has 1 saturated carbocycles. The molecule has 2 aromatic heterocycles. The molecule has 0 bridgehead atoms. The summed E-state index contributed by atoms with van der Waals surface area (Å²) in [4.78, 5) is 0. The molecule has 0 aliphatic heterocycles. The fourth-order valence-corrected chi connectivity index (χ4v) is 4.18. The summed E-state index contributed by atoms with van der Waals surface area (Å²) in [5.41, 5.74) is 10.0. The van der Waals surface area contributed by atoms with Crippen LogP contribution in [0.15, 0.2) is 54.6 Å². The van der Waals surface area contributed by atoms with Crippen LogP contribution in [0.25, 0.3) is 22.2 Å². The molecule has 5 nitrogen and oxygen atoms in total. The third-order valence-corrected chi connectivity index (χ3v) is 5.88. The summed E-state index contributed by atoms with van der Waals surface area (Å²) in [6, 6.07) is 16.9. The van der Waals surface area contributed by atoms with E-state index in [0.29, 0.717) is 12.2 Å². The summed E-state index contributed by atoms with van der Waals surface area (Å²) in [5, 5.41) is 16.6. The SMILES string of the molecule is Nc1n[nH]c2ccc(-c3ccc(CC4(c5ccccc5F)CCC4)nn3)cc12. The number of hydrogen-bond acceptors (Lipinski definition) is 4. The van der Waals surface area contributed by atoms with Gasteiger partial charge in [-0.2, -0.15) is 15.3 Å². The van der Waals surface area contributed by atoms with E-state index >= 15 is 0 Å². The van der Waals surface area contributed by atoms with Gasteiger partial charge in [0.05, 0.1) is 16.9 Å². The van der Waals surface area contributed by atoms with E-state index in [1.54, 1.807) is 12.1 Å². The molecule has 5 rings (SSSR count). The minimum atomic E-state index is -0.161. The van der Waals surface area contributed by atoms with Crippen LogP contribution in [0.5, 0.6) is 0 Å². The highest BCUT2D eigenvalue weighted by Crippen LogP contribution is 2.46. The number of benzene rings is 2. The van der Waals surface area contributed by atoms with Gasteiger partial charge in [0.2, 0.25) is 0 Å². The molecule has 1 fully saturated rings. The monoisotopic (exact) mass is 373 g/mol. The molecule has 3 N–H and O–H groups in total. The first kappa shape index (κ1) is 16.9. The van der Waals surface area contributed by atoms with Crippen molar-refractivity contribution in [1.29, 1.82) is 0 Å². The predicted molar refractivity (Wildman–Crippen MR) is 107 cm³/mol. The first-order chi connectivity index (χ1) is 13.6. The minimum Gasteiger partial charge on any atom is -0.382 e. The van der Waals surface area contributed by atoms with Crippen LogP contribution < -0.4 is 5.73 Å². The number of aromatic nitrogens is 4. The molecule has 2 heterocycles. The number of nitrogen functional groups attached to an aromatic ring is 1. The van der Waals surface area contributed by atoms with Crippen molar-refractivity contribution in [1.82, 2.24) is 20.4 Å². The van der Waals surface area contributed by atoms with Gasteiger partial charge in [-0.3, -0.25) is 5.10 Å². The van der Waals surface area contributed by atoms with Gasteiger partial charge in [-0.05, 0) is 48.7 Å². The Balaban J connectivity index is 1.43. The van der Waals surface area contributed by atoms with Gasteiger partial charge in [-0.1, -0.05) is 30.7 Å². The van der Waals surface area contributed by atoms with Gasteiger partial charge < -0.3 is 5.73 Å². The second-order valence-electron chi connectivity index (χ2n) is 7.57. The van der Waals surface area contributed by atoms with Crippen LogP contribution in [0.1, 0.15) is 30.5 Å². The smallest absolute Gasteiger partial charge is 0.153 e. The number of halogens is 1. The molecule has 1 aliphatic rings. The standard InChI is InChI=1S/C22H20FN5/c23-18-5-2-1-4-17(18)22(10-3-11-22)13-15-7-9-19(26-25-15)14-6-8-20-16(12-14)21(24)28-27-20/h1-2,4-9,12H,3,10-11,13H2,(H3,24,27,28). The number of fused-ring (bicyclic) bond motifs is 1. The second-order valence-corrected chi connectivity index (χ2v) is 7.57. The molecule has 6 heteroatoms. The number of hydrogen-bond donors (Lipinski definition) is 2. The third kappa shape index (κ3) is 2.72. The summed E-state index contributed by atoms with van der Waals surface area (Å²) in [5.74, 6) is 0.344. The van der Waals surface area contributed by atoms with Gasteiger partial charge in [0, 0.05) is 22.8 Å². The van der Waals surface area contributed by atoms with Crippen molar-refractivity contribution in [2.75, 3.05) is 5.73 Å². The van der Waals surface area contributed by atoms with Crippen LogP contribution in [-0.2, 0) is 11.8 Å². The highest BCUT2D eigenvalue weighted by atomic mass is 19.1. The number of nitrogens with zero attached hydrogens (tertiary/aromatic N) is 3. The van der Waals surface area contributed by atoms with Crippen molar-refractivity contribution in [3.63, 3.8) is 0 Å². The van der Waals surface area contributed by atoms with Crippen LogP contribution in [0, 0.1) is 5.82 Å². The van der Waals surface area contributed by atoms with Crippen molar-refractivity contribution < 1.29 is 4.39 Å². The Labute approximate surface area is 161 Å². The fraction of sp³-hybridized carbons (Fsp3) is 0.227. The van der Waals surface area contributed by atoms with Gasteiger partial charge in [0.25, 0.3) is 0 Å². The van der Waals surface area contributed by atoms with Gasteiger partial charge >= 0.3 is 0 Å². The maximum atomic E-state index is 14.4. The Hall–Kier alpha value is -3.28. The first-order valence-electron chi connectivity index (χ1n) is 9.46. The van der Waals surface area contributed by atoms with E-state index in [1.165, 1.54) is 0 Å². The molecular weight excluding hydrogens is 353 g/mol. The molecule has 2 aromatic carbocycles. The van der Waals surface area contributed by atoms with E-state index in [-0.39, 0.29) is 11.2 Å². The molecule has 0 atom stereocenters. The Bertz CT molecular complexity index is 1150. The fourth-order valence-electron chi connectivity index (χ4n) is 4.18. The molecule has 0 spiro atoms. The highest BCUT2D eigenvalue weighted by Gasteiger charge is 2.40. The van der Waals surface area contributed by atoms with Crippen molar-refractivity contribution >= 4 is 16.7 Å². The van der Waals surface area contributed by atoms with Gasteiger partial charge in [-0.15, -0.1) is 0 Å². The average Bonchev–Trinajstić information content (AvgIpc) is 3.06. The van der Waals surface area contributed by atoms with Crippen LogP contribution in [0.3, 0.4) is 0 Å². The number of nitrogens with one attached hydrogen (secondary N) is 1. The Morgan fingerprint density at radius 2 is 1.89 bits per heavy atom. The van der Waals surface area contributed by atoms with E-state index < -0.39 is 0 Å². The summed E-state index contributed by atoms with van der Waals surface area (Å²) in [7, 11) is 0. The van der Waals surface area contributed by atoms with Crippen molar-refractivity contribution in [2.45, 2.75) is 31.1 Å². The summed E-state index contributed by atoms with van der Waals surface area (Å²) in [6.07, 6.45) is 3.78. The van der Waals surface area contributed by atoms with Crippen molar-refractivity contribution in [3.8, 4) is 11.3 Å². The maximum absolute atomic E-state index is 14.4. The molecule has 28 heavy (non-hydrogen) atoms. The van der Waals surface area contributed by atoms with Gasteiger partial charge in [0.1, 0.15) is 5.82 Å². The predicted octanol–water partition coefficient (Wildman–Crippen LogP) is 4.41. The average molecular weight is 373 g/mol. The van der Waals surface area contributed by atoms with Gasteiger partial charge in [-0.25, -0.2) is 4.39 Å². The molecular formula is C22H20FN5. The van der Waals surface area contributed by atoms with Crippen LogP contribution >= 0.6 is 0 Å². The van der Waals surface area contributed by atoms with Crippen molar-refractivity contribution in [2.24, 2.45) is 0 Å². The van der Waals surface area contributed by atoms with Crippen molar-refractivity contribution in [3.05, 3.63) is 71.7 Å². The maximum Gasteiger partial charge on any atom is 0.153 e. The topological polar surface area (TPSA) is 80.5 Å². The normalized spacial score (nSPS) is 15.5. The van der Waals surface area contributed by atoms with E-state index in [9.17, 15) is 4.39 Å². The molecule has 140 valence electrons. The van der Waals surface area contributed by atoms with E-state index in [2.05, 4.69) is 20.4 Å². The lowest BCUT2D eigenvalue weighted by Crippen LogP contribution is -2.37. The quantitative estimate of drug-likeness (QED) is 0.555. The Kier molecular flexibility index (Phi) is 3.86. The highest BCUT2D eigenvalue weighted by molar-refractivity contribution is 5.91. The number of nitrogens with two attached hydrogens (primary N) is 1. The van der Waals surface area contributed by atoms with Crippen LogP contribution in [0.2, 0.25) is 0 Å². The van der Waals surface area contributed by atoms with E-state index in [1.807, 2.05) is 42.5 Å². The molecule has 0 amide bonds. The summed E-state index contributed by atoms with van der Waals surface area (Å²) >= 11 is 0. The first-order valence-corrected chi connectivity index (χ1v) is 9.46.